The van der Waals surface area contributed by atoms with Gasteiger partial charge in [-0.15, -0.1) is 0 Å². The maximum atomic E-state index is 12.5. The number of rotatable bonds is 6. The molecule has 0 aliphatic rings. The third-order valence-corrected chi connectivity index (χ3v) is 4.92. The van der Waals surface area contributed by atoms with Crippen LogP contribution in [0.3, 0.4) is 0 Å². The van der Waals surface area contributed by atoms with Crippen LogP contribution in [0.15, 0.2) is 30.3 Å². The second kappa shape index (κ2) is 8.43. The molecule has 1 atom stereocenters. The van der Waals surface area contributed by atoms with Gasteiger partial charge in [0.1, 0.15) is 6.04 Å². The Morgan fingerprint density at radius 3 is 2.48 bits per heavy atom. The van der Waals surface area contributed by atoms with E-state index in [0.29, 0.717) is 0 Å². The molecule has 1 N–H and O–H groups in total. The summed E-state index contributed by atoms with van der Waals surface area (Å²) in [6.07, 6.45) is 0.115. The molecule has 7 nitrogen and oxygen atoms in total. The topological polar surface area (TPSA) is 85.6 Å². The summed E-state index contributed by atoms with van der Waals surface area (Å²) in [5, 5.41) is 7.35. The minimum Gasteiger partial charge on any atom is -0.464 e. The summed E-state index contributed by atoms with van der Waals surface area (Å²) in [7, 11) is 0. The summed E-state index contributed by atoms with van der Waals surface area (Å²) in [6.45, 7) is 9.40. The second-order valence-corrected chi connectivity index (χ2v) is 7.04. The van der Waals surface area contributed by atoms with Crippen LogP contribution in [0.4, 0.5) is 0 Å². The summed E-state index contributed by atoms with van der Waals surface area (Å²) in [5.74, 6) is -0.705. The number of carbonyl (C=O) groups is 2. The molecule has 3 aromatic rings. The molecule has 2 aromatic heterocycles. The summed E-state index contributed by atoms with van der Waals surface area (Å²) in [5.41, 5.74) is 6.12. The Labute approximate surface area is 170 Å². The Hall–Kier alpha value is -3.22. The van der Waals surface area contributed by atoms with Crippen LogP contribution in [0.25, 0.3) is 16.8 Å². The number of fused-ring (bicyclic) bond motifs is 1. The Bertz CT molecular complexity index is 1060. The monoisotopic (exact) mass is 394 g/mol. The van der Waals surface area contributed by atoms with Crippen molar-refractivity contribution in [2.45, 2.75) is 47.1 Å². The minimum atomic E-state index is -0.698. The lowest BCUT2D eigenvalue weighted by molar-refractivity contribution is -0.146. The predicted octanol–water partition coefficient (Wildman–Crippen LogP) is 2.93. The lowest BCUT2D eigenvalue weighted by Crippen LogP contribution is -2.40. The number of carbonyl (C=O) groups excluding carboxylic acids is 2. The van der Waals surface area contributed by atoms with Gasteiger partial charge in [-0.2, -0.15) is 5.10 Å². The van der Waals surface area contributed by atoms with Gasteiger partial charge >= 0.3 is 5.97 Å². The molecule has 152 valence electrons. The average molecular weight is 394 g/mol. The van der Waals surface area contributed by atoms with Crippen LogP contribution in [0.1, 0.15) is 36.5 Å². The maximum Gasteiger partial charge on any atom is 0.328 e. The van der Waals surface area contributed by atoms with Crippen LogP contribution in [0.5, 0.6) is 0 Å². The summed E-state index contributed by atoms with van der Waals surface area (Å²) in [4.78, 5) is 29.0. The lowest BCUT2D eigenvalue weighted by atomic mass is 10.1. The van der Waals surface area contributed by atoms with E-state index in [1.165, 1.54) is 0 Å². The highest BCUT2D eigenvalue weighted by Gasteiger charge is 2.21. The molecule has 1 aromatic carbocycles. The fourth-order valence-electron chi connectivity index (χ4n) is 3.45. The van der Waals surface area contributed by atoms with Crippen LogP contribution in [0.2, 0.25) is 0 Å². The lowest BCUT2D eigenvalue weighted by Gasteiger charge is -2.15. The number of hydrogen-bond acceptors (Lipinski definition) is 5. The first-order chi connectivity index (χ1) is 13.8. The smallest absolute Gasteiger partial charge is 0.328 e. The highest BCUT2D eigenvalue weighted by molar-refractivity contribution is 5.86. The predicted molar refractivity (Wildman–Crippen MR) is 111 cm³/mol. The van der Waals surface area contributed by atoms with Crippen molar-refractivity contribution in [1.29, 1.82) is 0 Å². The van der Waals surface area contributed by atoms with Crippen molar-refractivity contribution in [2.24, 2.45) is 0 Å². The Balaban J connectivity index is 1.93. The first-order valence-corrected chi connectivity index (χ1v) is 9.70. The van der Waals surface area contributed by atoms with E-state index in [0.717, 1.165) is 39.4 Å². The molecular formula is C22H26N4O3. The first-order valence-electron chi connectivity index (χ1n) is 9.70. The van der Waals surface area contributed by atoms with E-state index >= 15 is 0 Å². The SMILES string of the molecule is CCOC(=O)[C@@H](C)NC(=O)Cc1c(C)nc2c(-c3ccccc3)c(C)nn2c1C. The molecule has 0 aliphatic carbocycles. The van der Waals surface area contributed by atoms with Crippen molar-refractivity contribution in [3.05, 3.63) is 53.0 Å². The van der Waals surface area contributed by atoms with Crippen molar-refractivity contribution < 1.29 is 14.3 Å². The molecule has 0 aliphatic heterocycles. The molecule has 0 radical (unpaired) electrons. The largest absolute Gasteiger partial charge is 0.464 e. The van der Waals surface area contributed by atoms with Crippen LogP contribution in [-0.2, 0) is 20.7 Å². The van der Waals surface area contributed by atoms with Crippen LogP contribution >= 0.6 is 0 Å². The van der Waals surface area contributed by atoms with Crippen LogP contribution in [-0.4, -0.2) is 39.1 Å². The molecule has 2 heterocycles. The molecule has 0 spiro atoms. The minimum absolute atomic E-state index is 0.115. The van der Waals surface area contributed by atoms with Crippen molar-refractivity contribution >= 4 is 17.5 Å². The van der Waals surface area contributed by atoms with E-state index in [4.69, 9.17) is 9.72 Å². The maximum absolute atomic E-state index is 12.5. The zero-order valence-electron chi connectivity index (χ0n) is 17.4. The van der Waals surface area contributed by atoms with Gasteiger partial charge in [-0.1, -0.05) is 30.3 Å². The van der Waals surface area contributed by atoms with Gasteiger partial charge in [0.2, 0.25) is 5.91 Å². The number of amides is 1. The molecule has 3 rings (SSSR count). The normalized spacial score (nSPS) is 12.0. The average Bonchev–Trinajstić information content (AvgIpc) is 3.02. The molecule has 0 saturated carbocycles. The second-order valence-electron chi connectivity index (χ2n) is 7.04. The molecule has 0 unspecified atom stereocenters. The zero-order chi connectivity index (χ0) is 21.1. The highest BCUT2D eigenvalue weighted by Crippen LogP contribution is 2.29. The number of aryl methyl sites for hydroxylation is 3. The number of ether oxygens (including phenoxy) is 1. The van der Waals surface area contributed by atoms with Gasteiger partial charge in [0, 0.05) is 22.5 Å². The summed E-state index contributed by atoms with van der Waals surface area (Å²) in [6, 6.07) is 9.32. The van der Waals surface area contributed by atoms with Gasteiger partial charge in [-0.25, -0.2) is 14.3 Å². The number of esters is 1. The number of benzene rings is 1. The van der Waals surface area contributed by atoms with E-state index < -0.39 is 12.0 Å². The van der Waals surface area contributed by atoms with Gasteiger partial charge in [-0.3, -0.25) is 4.79 Å². The summed E-state index contributed by atoms with van der Waals surface area (Å²) >= 11 is 0. The Kier molecular flexibility index (Phi) is 5.96. The Morgan fingerprint density at radius 2 is 1.83 bits per heavy atom. The van der Waals surface area contributed by atoms with E-state index in [1.54, 1.807) is 18.4 Å². The van der Waals surface area contributed by atoms with Gasteiger partial charge in [0.25, 0.3) is 0 Å². The fourth-order valence-corrected chi connectivity index (χ4v) is 3.45. The third-order valence-electron chi connectivity index (χ3n) is 4.92. The highest BCUT2D eigenvalue weighted by atomic mass is 16.5. The van der Waals surface area contributed by atoms with Crippen molar-refractivity contribution in [2.75, 3.05) is 6.61 Å². The van der Waals surface area contributed by atoms with Gasteiger partial charge < -0.3 is 10.1 Å². The number of hydrogen-bond donors (Lipinski definition) is 1. The fraction of sp³-hybridized carbons (Fsp3) is 0.364. The first kappa shape index (κ1) is 20.5. The van der Waals surface area contributed by atoms with Crippen LogP contribution < -0.4 is 5.32 Å². The standard InChI is InChI=1S/C22H26N4O3/c1-6-29-22(28)15(4)23-19(27)12-18-13(2)24-21-20(17-10-8-7-9-11-17)14(3)25-26(21)16(18)5/h7-11,15H,6,12H2,1-5H3,(H,23,27)/t15-/m1/s1. The van der Waals surface area contributed by atoms with Gasteiger partial charge in [0.15, 0.2) is 5.65 Å². The van der Waals surface area contributed by atoms with Crippen molar-refractivity contribution in [3.63, 3.8) is 0 Å². The van der Waals surface area contributed by atoms with Gasteiger partial charge in [-0.05, 0) is 40.2 Å². The zero-order valence-corrected chi connectivity index (χ0v) is 17.4. The molecule has 0 bridgehead atoms. The molecule has 0 saturated heterocycles. The molecule has 1 amide bonds. The molecule has 7 heteroatoms. The van der Waals surface area contributed by atoms with Crippen molar-refractivity contribution in [1.82, 2.24) is 19.9 Å². The molecular weight excluding hydrogens is 368 g/mol. The number of nitrogens with zero attached hydrogens (tertiary/aromatic N) is 3. The van der Waals surface area contributed by atoms with E-state index in [2.05, 4.69) is 10.4 Å². The third kappa shape index (κ3) is 4.13. The summed E-state index contributed by atoms with van der Waals surface area (Å²) < 4.78 is 6.73. The van der Waals surface area contributed by atoms with Gasteiger partial charge in [0.05, 0.1) is 18.7 Å². The number of aromatic nitrogens is 3. The molecule has 0 fully saturated rings. The number of nitrogens with one attached hydrogen (secondary N) is 1. The van der Waals surface area contributed by atoms with E-state index in [-0.39, 0.29) is 18.9 Å². The quantitative estimate of drug-likeness (QED) is 0.650. The van der Waals surface area contributed by atoms with Crippen LogP contribution in [0, 0.1) is 20.8 Å². The van der Waals surface area contributed by atoms with E-state index in [9.17, 15) is 9.59 Å². The van der Waals surface area contributed by atoms with E-state index in [1.807, 2.05) is 51.1 Å². The molecule has 29 heavy (non-hydrogen) atoms. The van der Waals surface area contributed by atoms with Crippen molar-refractivity contribution in [3.8, 4) is 11.1 Å². The Morgan fingerprint density at radius 1 is 1.14 bits per heavy atom.